The van der Waals surface area contributed by atoms with Crippen molar-refractivity contribution < 1.29 is 4.79 Å². The summed E-state index contributed by atoms with van der Waals surface area (Å²) in [6, 6.07) is 7.10. The molecule has 0 aliphatic heterocycles. The number of hydrogen-bond donors (Lipinski definition) is 1. The quantitative estimate of drug-likeness (QED) is 0.891. The number of amides is 1. The van der Waals surface area contributed by atoms with Crippen LogP contribution in [0.4, 0.5) is 5.82 Å². The zero-order chi connectivity index (χ0) is 12.3. The number of carbonyl (C=O) groups is 1. The first-order valence-corrected chi connectivity index (χ1v) is 5.92. The van der Waals surface area contributed by atoms with Gasteiger partial charge in [-0.2, -0.15) is 0 Å². The molecule has 0 atom stereocenters. The Morgan fingerprint density at radius 2 is 2.24 bits per heavy atom. The van der Waals surface area contributed by atoms with Crippen LogP contribution in [0, 0.1) is 0 Å². The van der Waals surface area contributed by atoms with Gasteiger partial charge in [0.25, 0.3) is 5.91 Å². The molecule has 0 aliphatic rings. The van der Waals surface area contributed by atoms with Crippen LogP contribution in [0.3, 0.4) is 0 Å². The van der Waals surface area contributed by atoms with Crippen LogP contribution in [0.2, 0.25) is 0 Å². The van der Waals surface area contributed by atoms with Crippen molar-refractivity contribution in [1.29, 1.82) is 0 Å². The average Bonchev–Trinajstić information content (AvgIpc) is 2.82. The van der Waals surface area contributed by atoms with E-state index in [4.69, 9.17) is 5.73 Å². The summed E-state index contributed by atoms with van der Waals surface area (Å²) >= 11 is 1.62. The van der Waals surface area contributed by atoms with Crippen LogP contribution >= 0.6 is 11.3 Å². The van der Waals surface area contributed by atoms with Crippen molar-refractivity contribution in [2.75, 3.05) is 12.8 Å². The van der Waals surface area contributed by atoms with Crippen LogP contribution in [0.1, 0.15) is 15.4 Å². The zero-order valence-corrected chi connectivity index (χ0v) is 10.1. The maximum absolute atomic E-state index is 12.0. The third-order valence-electron chi connectivity index (χ3n) is 2.22. The zero-order valence-electron chi connectivity index (χ0n) is 9.33. The van der Waals surface area contributed by atoms with Gasteiger partial charge in [-0.05, 0) is 23.6 Å². The number of thiophene rings is 1. The molecule has 17 heavy (non-hydrogen) atoms. The minimum absolute atomic E-state index is 0.161. The average molecular weight is 248 g/mol. The van der Waals surface area contributed by atoms with E-state index in [1.54, 1.807) is 35.4 Å². The lowest BCUT2D eigenvalue weighted by atomic mass is 10.3. The molecule has 2 N–H and O–H groups in total. The Morgan fingerprint density at radius 3 is 2.82 bits per heavy atom. The Balaban J connectivity index is 2.07. The summed E-state index contributed by atoms with van der Waals surface area (Å²) in [4.78, 5) is 14.7. The summed E-state index contributed by atoms with van der Waals surface area (Å²) in [7, 11) is 1.74. The molecule has 0 saturated carbocycles. The highest BCUT2D eigenvalue weighted by atomic mass is 32.1. The maximum atomic E-state index is 12.0. The topological polar surface area (TPSA) is 72.1 Å². The molecule has 0 unspecified atom stereocenters. The van der Waals surface area contributed by atoms with Gasteiger partial charge in [0.15, 0.2) is 5.69 Å². The summed E-state index contributed by atoms with van der Waals surface area (Å²) in [5, 5.41) is 9.41. The molecule has 6 heteroatoms. The molecule has 0 radical (unpaired) electrons. The van der Waals surface area contributed by atoms with E-state index >= 15 is 0 Å². The molecule has 0 spiro atoms. The summed E-state index contributed by atoms with van der Waals surface area (Å²) in [5.41, 5.74) is 5.72. The Kier molecular flexibility index (Phi) is 3.34. The number of nitrogens with zero attached hydrogens (tertiary/aromatic N) is 3. The molecule has 0 saturated heterocycles. The predicted octanol–water partition coefficient (Wildman–Crippen LogP) is 1.39. The molecule has 0 fully saturated rings. The van der Waals surface area contributed by atoms with Gasteiger partial charge < -0.3 is 10.6 Å². The van der Waals surface area contributed by atoms with E-state index in [0.29, 0.717) is 18.1 Å². The largest absolute Gasteiger partial charge is 0.382 e. The molecule has 5 nitrogen and oxygen atoms in total. The summed E-state index contributed by atoms with van der Waals surface area (Å²) in [5.74, 6) is 0.147. The van der Waals surface area contributed by atoms with Gasteiger partial charge in [0, 0.05) is 11.9 Å². The van der Waals surface area contributed by atoms with Crippen molar-refractivity contribution in [3.8, 4) is 0 Å². The number of nitrogen functional groups attached to an aromatic ring is 1. The lowest BCUT2D eigenvalue weighted by Crippen LogP contribution is -2.26. The fourth-order valence-corrected chi connectivity index (χ4v) is 2.12. The van der Waals surface area contributed by atoms with Crippen molar-refractivity contribution in [2.24, 2.45) is 0 Å². The highest BCUT2D eigenvalue weighted by Gasteiger charge is 2.14. The van der Waals surface area contributed by atoms with Gasteiger partial charge in [-0.15, -0.1) is 21.5 Å². The Morgan fingerprint density at radius 1 is 1.41 bits per heavy atom. The maximum Gasteiger partial charge on any atom is 0.274 e. The Hall–Kier alpha value is -1.95. The van der Waals surface area contributed by atoms with Crippen LogP contribution in [0.5, 0.6) is 0 Å². The highest BCUT2D eigenvalue weighted by molar-refractivity contribution is 7.09. The van der Waals surface area contributed by atoms with Crippen LogP contribution in [0.25, 0.3) is 0 Å². The van der Waals surface area contributed by atoms with Gasteiger partial charge in [0.2, 0.25) is 0 Å². The molecule has 2 aromatic heterocycles. The van der Waals surface area contributed by atoms with Crippen molar-refractivity contribution in [3.05, 3.63) is 40.2 Å². The van der Waals surface area contributed by atoms with Gasteiger partial charge in [0.1, 0.15) is 5.82 Å². The van der Waals surface area contributed by atoms with Gasteiger partial charge in [0.05, 0.1) is 6.54 Å². The van der Waals surface area contributed by atoms with Crippen molar-refractivity contribution >= 4 is 23.1 Å². The van der Waals surface area contributed by atoms with Gasteiger partial charge in [-0.3, -0.25) is 4.79 Å². The van der Waals surface area contributed by atoms with Crippen LogP contribution < -0.4 is 5.73 Å². The normalized spacial score (nSPS) is 10.2. The van der Waals surface area contributed by atoms with Crippen molar-refractivity contribution in [1.82, 2.24) is 15.1 Å². The number of rotatable bonds is 3. The second-order valence-corrected chi connectivity index (χ2v) is 4.62. The third kappa shape index (κ3) is 2.79. The molecule has 0 aromatic carbocycles. The lowest BCUT2D eigenvalue weighted by molar-refractivity contribution is 0.0779. The monoisotopic (exact) mass is 248 g/mol. The van der Waals surface area contributed by atoms with Crippen LogP contribution in [-0.2, 0) is 6.54 Å². The molecular weight excluding hydrogens is 236 g/mol. The first kappa shape index (κ1) is 11.5. The van der Waals surface area contributed by atoms with Crippen molar-refractivity contribution in [3.63, 3.8) is 0 Å². The lowest BCUT2D eigenvalue weighted by Gasteiger charge is -2.15. The molecule has 0 bridgehead atoms. The number of hydrogen-bond acceptors (Lipinski definition) is 5. The molecule has 0 aliphatic carbocycles. The molecule has 2 heterocycles. The van der Waals surface area contributed by atoms with E-state index in [2.05, 4.69) is 10.2 Å². The van der Waals surface area contributed by atoms with E-state index in [1.807, 2.05) is 17.5 Å². The number of nitrogens with two attached hydrogens (primary N) is 1. The van der Waals surface area contributed by atoms with Crippen LogP contribution in [-0.4, -0.2) is 28.1 Å². The third-order valence-corrected chi connectivity index (χ3v) is 3.09. The number of carbonyl (C=O) groups excluding carboxylic acids is 1. The second-order valence-electron chi connectivity index (χ2n) is 3.58. The highest BCUT2D eigenvalue weighted by Crippen LogP contribution is 2.12. The van der Waals surface area contributed by atoms with Gasteiger partial charge >= 0.3 is 0 Å². The summed E-state index contributed by atoms with van der Waals surface area (Å²) in [6.07, 6.45) is 0. The number of anilines is 1. The second kappa shape index (κ2) is 4.92. The molecular formula is C11H12N4OS. The fraction of sp³-hybridized carbons (Fsp3) is 0.182. The smallest absolute Gasteiger partial charge is 0.274 e. The predicted molar refractivity (Wildman–Crippen MR) is 66.6 cm³/mol. The fourth-order valence-electron chi connectivity index (χ4n) is 1.36. The van der Waals surface area contributed by atoms with E-state index in [-0.39, 0.29) is 5.91 Å². The van der Waals surface area contributed by atoms with E-state index < -0.39 is 0 Å². The van der Waals surface area contributed by atoms with E-state index in [9.17, 15) is 4.79 Å². The first-order valence-electron chi connectivity index (χ1n) is 5.04. The first-order chi connectivity index (χ1) is 8.16. The Bertz CT molecular complexity index is 495. The van der Waals surface area contributed by atoms with Crippen LogP contribution in [0.15, 0.2) is 29.6 Å². The minimum atomic E-state index is -0.161. The molecule has 2 rings (SSSR count). The SMILES string of the molecule is CN(Cc1cccs1)C(=O)c1ccc(N)nn1. The number of aromatic nitrogens is 2. The molecule has 1 amide bonds. The van der Waals surface area contributed by atoms with Gasteiger partial charge in [-0.1, -0.05) is 6.07 Å². The molecule has 2 aromatic rings. The van der Waals surface area contributed by atoms with E-state index in [0.717, 1.165) is 4.88 Å². The summed E-state index contributed by atoms with van der Waals surface area (Å²) in [6.45, 7) is 0.572. The Labute approximate surface area is 103 Å². The van der Waals surface area contributed by atoms with E-state index in [1.165, 1.54) is 0 Å². The molecule has 88 valence electrons. The summed E-state index contributed by atoms with van der Waals surface area (Å²) < 4.78 is 0. The van der Waals surface area contributed by atoms with Gasteiger partial charge in [-0.25, -0.2) is 0 Å². The minimum Gasteiger partial charge on any atom is -0.382 e. The van der Waals surface area contributed by atoms with Crippen molar-refractivity contribution in [2.45, 2.75) is 6.54 Å². The standard InChI is InChI=1S/C11H12N4OS/c1-15(7-8-3-2-6-17-8)11(16)9-4-5-10(12)14-13-9/h2-6H,7H2,1H3,(H2,12,14).